The fourth-order valence-electron chi connectivity index (χ4n) is 2.33. The lowest BCUT2D eigenvalue weighted by atomic mass is 10.1. The van der Waals surface area contributed by atoms with E-state index in [-0.39, 0.29) is 31.4 Å². The quantitative estimate of drug-likeness (QED) is 0.678. The van der Waals surface area contributed by atoms with Crippen LogP contribution in [0.4, 0.5) is 5.69 Å². The van der Waals surface area contributed by atoms with Crippen LogP contribution in [0.5, 0.6) is 0 Å². The van der Waals surface area contributed by atoms with Gasteiger partial charge in [0.25, 0.3) is 5.91 Å². The molecular formula is C20H21ClN2O4. The molecule has 0 aliphatic carbocycles. The van der Waals surface area contributed by atoms with Gasteiger partial charge in [-0.1, -0.05) is 48.0 Å². The number of carbonyl (C=O) groups is 3. The summed E-state index contributed by atoms with van der Waals surface area (Å²) < 4.78 is 4.91. The zero-order chi connectivity index (χ0) is 19.6. The van der Waals surface area contributed by atoms with Gasteiger partial charge in [0, 0.05) is 17.1 Å². The van der Waals surface area contributed by atoms with Crippen molar-refractivity contribution in [3.63, 3.8) is 0 Å². The van der Waals surface area contributed by atoms with Gasteiger partial charge in [0.05, 0.1) is 12.5 Å². The maximum Gasteiger partial charge on any atom is 0.306 e. The van der Waals surface area contributed by atoms with Gasteiger partial charge in [0.2, 0.25) is 5.91 Å². The molecule has 0 saturated carbocycles. The Morgan fingerprint density at radius 1 is 1.00 bits per heavy atom. The van der Waals surface area contributed by atoms with Gasteiger partial charge in [-0.3, -0.25) is 14.4 Å². The van der Waals surface area contributed by atoms with Crippen molar-refractivity contribution in [3.8, 4) is 0 Å². The van der Waals surface area contributed by atoms with Crippen molar-refractivity contribution in [2.45, 2.75) is 25.8 Å². The first-order valence-corrected chi connectivity index (χ1v) is 8.87. The lowest BCUT2D eigenvalue weighted by molar-refractivity contribution is -0.149. The minimum atomic E-state index is -0.612. The monoisotopic (exact) mass is 388 g/mol. The largest absolute Gasteiger partial charge is 0.456 e. The highest BCUT2D eigenvalue weighted by atomic mass is 35.5. The predicted octanol–water partition coefficient (Wildman–Crippen LogP) is 3.48. The minimum absolute atomic E-state index is 0.0482. The lowest BCUT2D eigenvalue weighted by Gasteiger charge is -2.14. The molecule has 6 nitrogen and oxygen atoms in total. The molecule has 0 aliphatic heterocycles. The molecular weight excluding hydrogens is 368 g/mol. The van der Waals surface area contributed by atoms with Crippen LogP contribution in [0.25, 0.3) is 0 Å². The average Bonchev–Trinajstić information content (AvgIpc) is 2.65. The number of hydrogen-bond acceptors (Lipinski definition) is 4. The minimum Gasteiger partial charge on any atom is -0.456 e. The summed E-state index contributed by atoms with van der Waals surface area (Å²) in [4.78, 5) is 35.4. The molecule has 2 rings (SSSR count). The number of hydrogen-bond donors (Lipinski definition) is 2. The fourth-order valence-corrected chi connectivity index (χ4v) is 2.52. The zero-order valence-electron chi connectivity index (χ0n) is 14.9. The second kappa shape index (κ2) is 10.3. The van der Waals surface area contributed by atoms with Crippen LogP contribution in [0.3, 0.4) is 0 Å². The first-order valence-electron chi connectivity index (χ1n) is 8.49. The van der Waals surface area contributed by atoms with E-state index in [0.29, 0.717) is 10.7 Å². The van der Waals surface area contributed by atoms with Gasteiger partial charge in [-0.05, 0) is 30.7 Å². The number of nitrogens with one attached hydrogen (secondary N) is 2. The third-order valence-corrected chi connectivity index (χ3v) is 3.94. The summed E-state index contributed by atoms with van der Waals surface area (Å²) in [5.74, 6) is -1.35. The molecule has 0 fully saturated rings. The van der Waals surface area contributed by atoms with E-state index in [9.17, 15) is 14.4 Å². The summed E-state index contributed by atoms with van der Waals surface area (Å²) in [5, 5.41) is 5.89. The highest BCUT2D eigenvalue weighted by Gasteiger charge is 2.13. The van der Waals surface area contributed by atoms with Gasteiger partial charge in [-0.15, -0.1) is 0 Å². The molecule has 7 heteroatoms. The van der Waals surface area contributed by atoms with E-state index in [1.165, 1.54) is 0 Å². The molecule has 2 N–H and O–H groups in total. The van der Waals surface area contributed by atoms with E-state index in [2.05, 4.69) is 10.6 Å². The van der Waals surface area contributed by atoms with E-state index in [1.807, 2.05) is 37.3 Å². The summed E-state index contributed by atoms with van der Waals surface area (Å²) in [6.45, 7) is 1.46. The topological polar surface area (TPSA) is 84.5 Å². The van der Waals surface area contributed by atoms with Crippen LogP contribution in [-0.2, 0) is 19.1 Å². The summed E-state index contributed by atoms with van der Waals surface area (Å²) in [7, 11) is 0. The molecule has 0 radical (unpaired) electrons. The van der Waals surface area contributed by atoms with Gasteiger partial charge in [0.1, 0.15) is 0 Å². The van der Waals surface area contributed by atoms with Gasteiger partial charge >= 0.3 is 5.97 Å². The molecule has 0 aromatic heterocycles. The van der Waals surface area contributed by atoms with Crippen LogP contribution in [0, 0.1) is 0 Å². The molecule has 2 amide bonds. The number of amides is 2. The van der Waals surface area contributed by atoms with Gasteiger partial charge in [0.15, 0.2) is 6.61 Å². The van der Waals surface area contributed by atoms with Crippen molar-refractivity contribution in [1.82, 2.24) is 5.32 Å². The number of esters is 1. The van der Waals surface area contributed by atoms with Gasteiger partial charge in [-0.25, -0.2) is 0 Å². The highest BCUT2D eigenvalue weighted by Crippen LogP contribution is 2.15. The smallest absolute Gasteiger partial charge is 0.306 e. The Morgan fingerprint density at radius 2 is 1.74 bits per heavy atom. The van der Waals surface area contributed by atoms with E-state index < -0.39 is 11.9 Å². The van der Waals surface area contributed by atoms with Crippen LogP contribution < -0.4 is 10.6 Å². The Morgan fingerprint density at radius 3 is 2.44 bits per heavy atom. The number of anilines is 1. The van der Waals surface area contributed by atoms with E-state index in [0.717, 1.165) is 5.56 Å². The van der Waals surface area contributed by atoms with Crippen molar-refractivity contribution in [1.29, 1.82) is 0 Å². The van der Waals surface area contributed by atoms with Crippen molar-refractivity contribution >= 4 is 35.1 Å². The standard InChI is InChI=1S/C20H21ClN2O4/c1-14(15-6-3-2-4-7-15)22-19(25)13-27-20(26)11-10-18(24)23-17-9-5-8-16(21)12-17/h2-9,12,14H,10-11,13H2,1H3,(H,22,25)(H,23,24)/t14-/m0/s1. The Balaban J connectivity index is 1.66. The maximum atomic E-state index is 11.9. The lowest BCUT2D eigenvalue weighted by Crippen LogP contribution is -2.31. The number of halogens is 1. The molecule has 2 aromatic rings. The van der Waals surface area contributed by atoms with Crippen molar-refractivity contribution in [3.05, 3.63) is 65.2 Å². The second-order valence-corrected chi connectivity index (χ2v) is 6.36. The second-order valence-electron chi connectivity index (χ2n) is 5.92. The third kappa shape index (κ3) is 7.50. The summed E-state index contributed by atoms with van der Waals surface area (Å²) in [6.07, 6.45) is -0.165. The van der Waals surface area contributed by atoms with Crippen LogP contribution >= 0.6 is 11.6 Å². The Hall–Kier alpha value is -2.86. The molecule has 0 bridgehead atoms. The van der Waals surface area contributed by atoms with Crippen LogP contribution in [0.2, 0.25) is 5.02 Å². The maximum absolute atomic E-state index is 11.9. The zero-order valence-corrected chi connectivity index (χ0v) is 15.7. The predicted molar refractivity (Wildman–Crippen MR) is 103 cm³/mol. The molecule has 142 valence electrons. The van der Waals surface area contributed by atoms with Crippen LogP contribution in [0.1, 0.15) is 31.4 Å². The SMILES string of the molecule is C[C@H](NC(=O)COC(=O)CCC(=O)Nc1cccc(Cl)c1)c1ccccc1. The number of ether oxygens (including phenoxy) is 1. The third-order valence-electron chi connectivity index (χ3n) is 3.71. The molecule has 0 saturated heterocycles. The number of rotatable bonds is 8. The average molecular weight is 389 g/mol. The molecule has 0 spiro atoms. The summed E-state index contributed by atoms with van der Waals surface area (Å²) in [6, 6.07) is 16.0. The summed E-state index contributed by atoms with van der Waals surface area (Å²) >= 11 is 5.84. The molecule has 27 heavy (non-hydrogen) atoms. The molecule has 2 aromatic carbocycles. The first-order chi connectivity index (χ1) is 12.9. The van der Waals surface area contributed by atoms with Crippen LogP contribution in [0.15, 0.2) is 54.6 Å². The van der Waals surface area contributed by atoms with Crippen molar-refractivity contribution in [2.75, 3.05) is 11.9 Å². The van der Waals surface area contributed by atoms with Gasteiger partial charge < -0.3 is 15.4 Å². The normalized spacial score (nSPS) is 11.3. The molecule has 0 unspecified atom stereocenters. The Labute approximate surface area is 162 Å². The van der Waals surface area contributed by atoms with E-state index in [1.54, 1.807) is 24.3 Å². The number of benzene rings is 2. The van der Waals surface area contributed by atoms with E-state index >= 15 is 0 Å². The molecule has 0 aliphatic rings. The van der Waals surface area contributed by atoms with E-state index in [4.69, 9.17) is 16.3 Å². The fraction of sp³-hybridized carbons (Fsp3) is 0.250. The number of carbonyl (C=O) groups excluding carboxylic acids is 3. The van der Waals surface area contributed by atoms with Crippen molar-refractivity contribution in [2.24, 2.45) is 0 Å². The molecule has 1 atom stereocenters. The Kier molecular flexibility index (Phi) is 7.82. The molecule has 0 heterocycles. The highest BCUT2D eigenvalue weighted by molar-refractivity contribution is 6.30. The van der Waals surface area contributed by atoms with Crippen LogP contribution in [-0.4, -0.2) is 24.4 Å². The van der Waals surface area contributed by atoms with Gasteiger partial charge in [-0.2, -0.15) is 0 Å². The van der Waals surface area contributed by atoms with Crippen molar-refractivity contribution < 1.29 is 19.1 Å². The Bertz CT molecular complexity index is 796. The first kappa shape index (κ1) is 20.5. The summed E-state index contributed by atoms with van der Waals surface area (Å²) in [5.41, 5.74) is 1.50.